The molecule has 0 atom stereocenters. The zero-order valence-electron chi connectivity index (χ0n) is 20.9. The molecule has 0 aromatic heterocycles. The van der Waals surface area contributed by atoms with E-state index in [9.17, 15) is 0 Å². The average Bonchev–Trinajstić information content (AvgIpc) is 2.70. The van der Waals surface area contributed by atoms with Crippen molar-refractivity contribution in [1.82, 2.24) is 0 Å². The van der Waals surface area contributed by atoms with Gasteiger partial charge in [-0.15, -0.1) is 0 Å². The molecule has 31 heavy (non-hydrogen) atoms. The molecule has 5 nitrogen and oxygen atoms in total. The molecule has 0 spiro atoms. The summed E-state index contributed by atoms with van der Waals surface area (Å²) in [5.74, 6) is 0. The molecule has 0 saturated heterocycles. The van der Waals surface area contributed by atoms with E-state index in [1.54, 1.807) is 0 Å². The Morgan fingerprint density at radius 3 is 0.871 bits per heavy atom. The maximum atomic E-state index is 8.88. The van der Waals surface area contributed by atoms with Crippen molar-refractivity contribution < 1.29 is 24.0 Å². The van der Waals surface area contributed by atoms with Gasteiger partial charge in [0.25, 0.3) is 0 Å². The SMILES string of the molecule is CCCCCCCCCCCCCOCCCCCCCCCCCC.O=P(O)(O)O. The average molecular weight is 467 g/mol. The maximum Gasteiger partial charge on any atom is 0.466 e. The number of hydrogen-bond donors (Lipinski definition) is 3. The topological polar surface area (TPSA) is 87.0 Å². The fourth-order valence-electron chi connectivity index (χ4n) is 3.66. The van der Waals surface area contributed by atoms with Gasteiger partial charge in [0, 0.05) is 13.2 Å². The molecule has 0 saturated carbocycles. The third-order valence-corrected chi connectivity index (χ3v) is 5.53. The largest absolute Gasteiger partial charge is 0.466 e. The van der Waals surface area contributed by atoms with Gasteiger partial charge in [0.05, 0.1) is 0 Å². The third kappa shape index (κ3) is 44.5. The van der Waals surface area contributed by atoms with Gasteiger partial charge in [-0.2, -0.15) is 0 Å². The van der Waals surface area contributed by atoms with Crippen LogP contribution in [0.4, 0.5) is 0 Å². The first kappa shape index (κ1) is 33.2. The summed E-state index contributed by atoms with van der Waals surface area (Å²) in [6.07, 6.45) is 29.6. The molecule has 6 heteroatoms. The quantitative estimate of drug-likeness (QED) is 0.104. The molecule has 0 aromatic carbocycles. The van der Waals surface area contributed by atoms with Crippen LogP contribution >= 0.6 is 7.82 Å². The molecule has 3 N–H and O–H groups in total. The summed E-state index contributed by atoms with van der Waals surface area (Å²) < 4.78 is 14.7. The van der Waals surface area contributed by atoms with Gasteiger partial charge in [0.15, 0.2) is 0 Å². The lowest BCUT2D eigenvalue weighted by molar-refractivity contribution is 0.125. The molecular formula is C25H55O5P. The van der Waals surface area contributed by atoms with Gasteiger partial charge in [0.1, 0.15) is 0 Å². The van der Waals surface area contributed by atoms with Crippen LogP contribution in [-0.2, 0) is 9.30 Å². The summed E-state index contributed by atoms with van der Waals surface area (Å²) in [5.41, 5.74) is 0. The van der Waals surface area contributed by atoms with Crippen molar-refractivity contribution in [3.8, 4) is 0 Å². The predicted molar refractivity (Wildman–Crippen MR) is 133 cm³/mol. The molecule has 0 heterocycles. The molecule has 0 bridgehead atoms. The highest BCUT2D eigenvalue weighted by Gasteiger charge is 2.00. The van der Waals surface area contributed by atoms with Crippen LogP contribution < -0.4 is 0 Å². The molecule has 190 valence electrons. The van der Waals surface area contributed by atoms with Crippen molar-refractivity contribution >= 4 is 7.82 Å². The van der Waals surface area contributed by atoms with Crippen LogP contribution in [-0.4, -0.2) is 27.9 Å². The van der Waals surface area contributed by atoms with E-state index in [2.05, 4.69) is 13.8 Å². The first-order valence-corrected chi connectivity index (χ1v) is 14.8. The van der Waals surface area contributed by atoms with Crippen LogP contribution in [0.3, 0.4) is 0 Å². The van der Waals surface area contributed by atoms with Gasteiger partial charge in [0.2, 0.25) is 0 Å². The Morgan fingerprint density at radius 1 is 0.452 bits per heavy atom. The first-order chi connectivity index (χ1) is 14.9. The van der Waals surface area contributed by atoms with E-state index in [-0.39, 0.29) is 0 Å². The van der Waals surface area contributed by atoms with Gasteiger partial charge in [-0.1, -0.05) is 136 Å². The summed E-state index contributed by atoms with van der Waals surface area (Å²) in [6.45, 7) is 6.57. The van der Waals surface area contributed by atoms with Crippen LogP contribution in [0.25, 0.3) is 0 Å². The molecule has 0 aliphatic rings. The van der Waals surface area contributed by atoms with Crippen molar-refractivity contribution in [2.45, 2.75) is 149 Å². The van der Waals surface area contributed by atoms with Crippen LogP contribution in [0, 0.1) is 0 Å². The van der Waals surface area contributed by atoms with E-state index in [0.29, 0.717) is 0 Å². The molecule has 0 unspecified atom stereocenters. The van der Waals surface area contributed by atoms with Gasteiger partial charge in [-0.05, 0) is 12.8 Å². The van der Waals surface area contributed by atoms with E-state index < -0.39 is 7.82 Å². The Balaban J connectivity index is 0. The Hall–Kier alpha value is 0.0700. The fourth-order valence-corrected chi connectivity index (χ4v) is 3.66. The van der Waals surface area contributed by atoms with E-state index in [4.69, 9.17) is 24.0 Å². The van der Waals surface area contributed by atoms with E-state index in [1.165, 1.54) is 135 Å². The van der Waals surface area contributed by atoms with E-state index >= 15 is 0 Å². The summed E-state index contributed by atoms with van der Waals surface area (Å²) in [6, 6.07) is 0. The molecule has 0 aromatic rings. The lowest BCUT2D eigenvalue weighted by atomic mass is 10.1. The number of rotatable bonds is 23. The zero-order valence-corrected chi connectivity index (χ0v) is 21.8. The molecule has 0 amide bonds. The highest BCUT2D eigenvalue weighted by atomic mass is 31.2. The Morgan fingerprint density at radius 2 is 0.645 bits per heavy atom. The molecule has 0 fully saturated rings. The van der Waals surface area contributed by atoms with Crippen molar-refractivity contribution in [3.63, 3.8) is 0 Å². The number of ether oxygens (including phenoxy) is 1. The minimum absolute atomic E-state index is 0.994. The zero-order chi connectivity index (χ0) is 23.5. The normalized spacial score (nSPS) is 11.4. The third-order valence-electron chi connectivity index (χ3n) is 5.53. The van der Waals surface area contributed by atoms with E-state index in [0.717, 1.165) is 13.2 Å². The van der Waals surface area contributed by atoms with Gasteiger partial charge in [-0.3, -0.25) is 0 Å². The first-order valence-electron chi connectivity index (χ1n) is 13.3. The minimum Gasteiger partial charge on any atom is -0.381 e. The van der Waals surface area contributed by atoms with Gasteiger partial charge >= 0.3 is 7.82 Å². The second-order valence-corrected chi connectivity index (χ2v) is 9.87. The van der Waals surface area contributed by atoms with Crippen molar-refractivity contribution in [2.75, 3.05) is 13.2 Å². The highest BCUT2D eigenvalue weighted by molar-refractivity contribution is 7.45. The fraction of sp³-hybridized carbons (Fsp3) is 1.00. The lowest BCUT2D eigenvalue weighted by Crippen LogP contribution is -1.97. The smallest absolute Gasteiger partial charge is 0.381 e. The van der Waals surface area contributed by atoms with Crippen LogP contribution in [0.2, 0.25) is 0 Å². The number of hydrogen-bond acceptors (Lipinski definition) is 2. The Kier molecular flexibility index (Phi) is 30.1. The molecule has 0 aliphatic carbocycles. The Bertz CT molecular complexity index is 328. The predicted octanol–water partition coefficient (Wildman–Crippen LogP) is 8.31. The monoisotopic (exact) mass is 466 g/mol. The second-order valence-electron chi connectivity index (χ2n) is 8.84. The second kappa shape index (κ2) is 28.1. The summed E-state index contributed by atoms with van der Waals surface area (Å²) >= 11 is 0. The minimum atomic E-state index is -4.64. The van der Waals surface area contributed by atoms with Crippen molar-refractivity contribution in [3.05, 3.63) is 0 Å². The van der Waals surface area contributed by atoms with Gasteiger partial charge in [-0.25, -0.2) is 4.57 Å². The molecular weight excluding hydrogens is 411 g/mol. The summed E-state index contributed by atoms with van der Waals surface area (Å²) in [7, 11) is -4.64. The number of phosphoric acid groups is 1. The molecule has 0 aliphatic heterocycles. The summed E-state index contributed by atoms with van der Waals surface area (Å²) in [5, 5.41) is 0. The number of unbranched alkanes of at least 4 members (excludes halogenated alkanes) is 19. The summed E-state index contributed by atoms with van der Waals surface area (Å²) in [4.78, 5) is 21.6. The Labute approximate surface area is 194 Å². The van der Waals surface area contributed by atoms with Crippen LogP contribution in [0.1, 0.15) is 149 Å². The van der Waals surface area contributed by atoms with Crippen LogP contribution in [0.5, 0.6) is 0 Å². The van der Waals surface area contributed by atoms with Crippen LogP contribution in [0.15, 0.2) is 0 Å². The molecule has 0 rings (SSSR count). The molecule has 0 radical (unpaired) electrons. The van der Waals surface area contributed by atoms with E-state index in [1.807, 2.05) is 0 Å². The standard InChI is InChI=1S/C25H52O.H3O4P/c1-3-5-7-9-11-13-15-17-19-21-23-25-26-24-22-20-18-16-14-12-10-8-6-4-2;1-5(2,3)4/h3-25H2,1-2H3;(H3,1,2,3,4). The van der Waals surface area contributed by atoms with Crippen molar-refractivity contribution in [1.29, 1.82) is 0 Å². The van der Waals surface area contributed by atoms with Crippen molar-refractivity contribution in [2.24, 2.45) is 0 Å². The maximum absolute atomic E-state index is 8.88. The van der Waals surface area contributed by atoms with Gasteiger partial charge < -0.3 is 19.4 Å². The highest BCUT2D eigenvalue weighted by Crippen LogP contribution is 2.25. The lowest BCUT2D eigenvalue weighted by Gasteiger charge is -2.05.